The van der Waals surface area contributed by atoms with Gasteiger partial charge in [0.25, 0.3) is 0 Å². The maximum atomic E-state index is 11.5. The Morgan fingerprint density at radius 1 is 1.44 bits per heavy atom. The number of hydrogen-bond acceptors (Lipinski definition) is 4. The molecule has 1 aliphatic heterocycles. The predicted octanol–water partition coefficient (Wildman–Crippen LogP) is 0.0201. The molecule has 2 rings (SSSR count). The molecular formula is C12H24N2O3S. The van der Waals surface area contributed by atoms with E-state index in [4.69, 9.17) is 0 Å². The van der Waals surface area contributed by atoms with Crippen molar-refractivity contribution in [2.24, 2.45) is 11.3 Å². The Hall–Kier alpha value is -0.170. The van der Waals surface area contributed by atoms with Crippen LogP contribution in [0, 0.1) is 11.3 Å². The molecule has 1 aliphatic carbocycles. The van der Waals surface area contributed by atoms with Crippen molar-refractivity contribution in [2.45, 2.75) is 25.7 Å². The van der Waals surface area contributed by atoms with Gasteiger partial charge in [-0.05, 0) is 38.1 Å². The molecule has 0 amide bonds. The van der Waals surface area contributed by atoms with Crippen molar-refractivity contribution in [3.63, 3.8) is 0 Å². The van der Waals surface area contributed by atoms with Crippen molar-refractivity contribution in [2.75, 3.05) is 39.0 Å². The number of aliphatic hydroxyl groups is 1. The standard InChI is InChI=1S/C12H24N2O3S/c1-18(16,17)14-6-2-3-11(8-14)7-13-9-12(10-15)4-5-12/h11,13,15H,2-10H2,1H3. The van der Waals surface area contributed by atoms with Gasteiger partial charge < -0.3 is 10.4 Å². The second kappa shape index (κ2) is 5.45. The molecule has 0 spiro atoms. The van der Waals surface area contributed by atoms with Crippen molar-refractivity contribution < 1.29 is 13.5 Å². The molecule has 1 heterocycles. The second-order valence-corrected chi connectivity index (χ2v) is 7.90. The summed E-state index contributed by atoms with van der Waals surface area (Å²) < 4.78 is 24.6. The first kappa shape index (κ1) is 14.2. The van der Waals surface area contributed by atoms with E-state index in [9.17, 15) is 13.5 Å². The lowest BCUT2D eigenvalue weighted by Gasteiger charge is -2.31. The van der Waals surface area contributed by atoms with Crippen LogP contribution in [0.5, 0.6) is 0 Å². The summed E-state index contributed by atoms with van der Waals surface area (Å²) in [5, 5.41) is 12.6. The summed E-state index contributed by atoms with van der Waals surface area (Å²) in [6.45, 7) is 3.28. The number of piperidine rings is 1. The molecule has 0 radical (unpaired) electrons. The average Bonchev–Trinajstić information content (AvgIpc) is 3.09. The van der Waals surface area contributed by atoms with Crippen molar-refractivity contribution in [1.29, 1.82) is 0 Å². The van der Waals surface area contributed by atoms with Gasteiger partial charge in [0.15, 0.2) is 0 Å². The number of aliphatic hydroxyl groups excluding tert-OH is 1. The quantitative estimate of drug-likeness (QED) is 0.717. The highest BCUT2D eigenvalue weighted by Crippen LogP contribution is 2.44. The number of rotatable bonds is 6. The van der Waals surface area contributed by atoms with Crippen LogP contribution < -0.4 is 5.32 Å². The molecule has 5 nitrogen and oxygen atoms in total. The van der Waals surface area contributed by atoms with Gasteiger partial charge >= 0.3 is 0 Å². The molecule has 6 heteroatoms. The fraction of sp³-hybridized carbons (Fsp3) is 1.00. The summed E-state index contributed by atoms with van der Waals surface area (Å²) >= 11 is 0. The van der Waals surface area contributed by atoms with E-state index in [0.29, 0.717) is 19.0 Å². The first-order chi connectivity index (χ1) is 8.45. The molecule has 18 heavy (non-hydrogen) atoms. The van der Waals surface area contributed by atoms with Gasteiger partial charge in [-0.15, -0.1) is 0 Å². The number of nitrogens with one attached hydrogen (secondary N) is 1. The molecule has 1 atom stereocenters. The zero-order valence-corrected chi connectivity index (χ0v) is 11.9. The lowest BCUT2D eigenvalue weighted by Crippen LogP contribution is -2.43. The number of sulfonamides is 1. The smallest absolute Gasteiger partial charge is 0.211 e. The van der Waals surface area contributed by atoms with Crippen LogP contribution in [0.1, 0.15) is 25.7 Å². The minimum absolute atomic E-state index is 0.130. The molecule has 0 bridgehead atoms. The van der Waals surface area contributed by atoms with Gasteiger partial charge in [0.05, 0.1) is 6.26 Å². The van der Waals surface area contributed by atoms with E-state index in [2.05, 4.69) is 5.32 Å². The maximum Gasteiger partial charge on any atom is 0.211 e. The first-order valence-electron chi connectivity index (χ1n) is 6.72. The molecule has 106 valence electrons. The minimum Gasteiger partial charge on any atom is -0.396 e. The molecule has 2 fully saturated rings. The van der Waals surface area contributed by atoms with E-state index in [1.165, 1.54) is 6.26 Å². The predicted molar refractivity (Wildman–Crippen MR) is 70.8 cm³/mol. The molecule has 0 aromatic carbocycles. The molecule has 2 N–H and O–H groups in total. The van der Waals surface area contributed by atoms with Crippen LogP contribution in [-0.4, -0.2) is 56.9 Å². The lowest BCUT2D eigenvalue weighted by atomic mass is 9.99. The van der Waals surface area contributed by atoms with Gasteiger partial charge in [-0.25, -0.2) is 12.7 Å². The van der Waals surface area contributed by atoms with E-state index >= 15 is 0 Å². The number of nitrogens with zero attached hydrogens (tertiary/aromatic N) is 1. The van der Waals surface area contributed by atoms with Crippen LogP contribution in [0.2, 0.25) is 0 Å². The fourth-order valence-electron chi connectivity index (χ4n) is 2.60. The van der Waals surface area contributed by atoms with Crippen LogP contribution in [0.25, 0.3) is 0 Å². The van der Waals surface area contributed by atoms with E-state index < -0.39 is 10.0 Å². The maximum absolute atomic E-state index is 11.5. The summed E-state index contributed by atoms with van der Waals surface area (Å²) in [7, 11) is -3.04. The normalized spacial score (nSPS) is 28.2. The summed E-state index contributed by atoms with van der Waals surface area (Å²) in [5.41, 5.74) is 0.130. The van der Waals surface area contributed by atoms with Crippen molar-refractivity contribution in [1.82, 2.24) is 9.62 Å². The van der Waals surface area contributed by atoms with Crippen LogP contribution in [0.3, 0.4) is 0 Å². The van der Waals surface area contributed by atoms with Crippen LogP contribution >= 0.6 is 0 Å². The molecule has 0 aromatic heterocycles. The van der Waals surface area contributed by atoms with Crippen LogP contribution in [0.15, 0.2) is 0 Å². The molecule has 2 aliphatic rings. The van der Waals surface area contributed by atoms with E-state index in [1.807, 2.05) is 0 Å². The molecule has 1 unspecified atom stereocenters. The molecule has 1 saturated carbocycles. The summed E-state index contributed by atoms with van der Waals surface area (Å²) in [4.78, 5) is 0. The van der Waals surface area contributed by atoms with Crippen molar-refractivity contribution in [3.8, 4) is 0 Å². The van der Waals surface area contributed by atoms with Crippen LogP contribution in [0.4, 0.5) is 0 Å². The summed E-state index contributed by atoms with van der Waals surface area (Å²) in [5.74, 6) is 0.406. The monoisotopic (exact) mass is 276 g/mol. The Morgan fingerprint density at radius 3 is 2.72 bits per heavy atom. The SMILES string of the molecule is CS(=O)(=O)N1CCCC(CNCC2(CO)CC2)C1. The summed E-state index contributed by atoms with van der Waals surface area (Å²) in [6, 6.07) is 0. The van der Waals surface area contributed by atoms with Gasteiger partial charge in [0, 0.05) is 31.7 Å². The van der Waals surface area contributed by atoms with Gasteiger partial charge in [0.2, 0.25) is 10.0 Å². The fourth-order valence-corrected chi connectivity index (χ4v) is 3.55. The number of hydrogen-bond donors (Lipinski definition) is 2. The van der Waals surface area contributed by atoms with Crippen LogP contribution in [-0.2, 0) is 10.0 Å². The largest absolute Gasteiger partial charge is 0.396 e. The Balaban J connectivity index is 1.73. The zero-order valence-electron chi connectivity index (χ0n) is 11.1. The Bertz CT molecular complexity index is 379. The topological polar surface area (TPSA) is 69.6 Å². The average molecular weight is 276 g/mol. The second-order valence-electron chi connectivity index (χ2n) is 5.92. The van der Waals surface area contributed by atoms with Crippen molar-refractivity contribution in [3.05, 3.63) is 0 Å². The molecule has 1 saturated heterocycles. The Kier molecular flexibility index (Phi) is 4.31. The van der Waals surface area contributed by atoms with Crippen molar-refractivity contribution >= 4 is 10.0 Å². The highest BCUT2D eigenvalue weighted by molar-refractivity contribution is 7.88. The molecule has 0 aromatic rings. The third-order valence-electron chi connectivity index (χ3n) is 4.18. The Morgan fingerprint density at radius 2 is 2.17 bits per heavy atom. The first-order valence-corrected chi connectivity index (χ1v) is 8.57. The van der Waals surface area contributed by atoms with Gasteiger partial charge in [-0.3, -0.25) is 0 Å². The highest BCUT2D eigenvalue weighted by atomic mass is 32.2. The lowest BCUT2D eigenvalue weighted by molar-refractivity contribution is 0.200. The zero-order chi connectivity index (χ0) is 13.2. The summed E-state index contributed by atoms with van der Waals surface area (Å²) in [6.07, 6.45) is 5.54. The van der Waals surface area contributed by atoms with Gasteiger partial charge in [-0.2, -0.15) is 0 Å². The molecular weight excluding hydrogens is 252 g/mol. The highest BCUT2D eigenvalue weighted by Gasteiger charge is 2.41. The third-order valence-corrected chi connectivity index (χ3v) is 5.45. The Labute approximate surface area is 110 Å². The van der Waals surface area contributed by atoms with E-state index in [0.717, 1.165) is 38.8 Å². The minimum atomic E-state index is -3.04. The van der Waals surface area contributed by atoms with Gasteiger partial charge in [0.1, 0.15) is 0 Å². The van der Waals surface area contributed by atoms with Gasteiger partial charge in [-0.1, -0.05) is 0 Å². The van der Waals surface area contributed by atoms with E-state index in [-0.39, 0.29) is 12.0 Å². The third kappa shape index (κ3) is 3.66. The van der Waals surface area contributed by atoms with E-state index in [1.54, 1.807) is 4.31 Å².